The maximum Gasteiger partial charge on any atom is 0.228 e. The van der Waals surface area contributed by atoms with Crippen molar-refractivity contribution >= 4 is 11.8 Å². The first-order valence-corrected chi connectivity index (χ1v) is 11.4. The fourth-order valence-electron chi connectivity index (χ4n) is 4.62. The highest BCUT2D eigenvalue weighted by Crippen LogP contribution is 2.40. The van der Waals surface area contributed by atoms with Crippen LogP contribution in [0.3, 0.4) is 0 Å². The van der Waals surface area contributed by atoms with Crippen molar-refractivity contribution in [2.45, 2.75) is 33.2 Å². The largest absolute Gasteiger partial charge is 0.307 e. The Kier molecular flexibility index (Phi) is 4.75. The number of H-pyrrole nitrogens is 1. The average Bonchev–Trinajstić information content (AvgIpc) is 3.57. The highest BCUT2D eigenvalue weighted by atomic mass is 15.3. The summed E-state index contributed by atoms with van der Waals surface area (Å²) in [5.41, 5.74) is 9.68. The summed E-state index contributed by atoms with van der Waals surface area (Å²) in [6, 6.07) is 10.5. The molecule has 0 amide bonds. The van der Waals surface area contributed by atoms with Gasteiger partial charge in [-0.25, -0.2) is 9.97 Å². The van der Waals surface area contributed by atoms with Crippen molar-refractivity contribution in [3.8, 4) is 33.6 Å². The van der Waals surface area contributed by atoms with Crippen molar-refractivity contribution in [1.29, 1.82) is 0 Å². The zero-order valence-electron chi connectivity index (χ0n) is 19.4. The molecule has 9 heteroatoms. The lowest BCUT2D eigenvalue weighted by atomic mass is 9.91. The van der Waals surface area contributed by atoms with Crippen LogP contribution in [0.1, 0.15) is 23.9 Å². The Morgan fingerprint density at radius 1 is 1.03 bits per heavy atom. The van der Waals surface area contributed by atoms with Gasteiger partial charge < -0.3 is 5.32 Å². The van der Waals surface area contributed by atoms with Crippen molar-refractivity contribution < 1.29 is 0 Å². The molecular weight excluding hydrogens is 426 g/mol. The normalized spacial score (nSPS) is 12.4. The molecular formula is C25H25N9. The number of benzene rings is 1. The summed E-state index contributed by atoms with van der Waals surface area (Å²) in [5.74, 6) is 1.27. The standard InChI is InChI=1S/C25H25N9/c1-4-34-12-11-21(32-34)28-25-26-13-18-9-10-20-22(23(18)29-25)24(33(3)31-20)17-7-5-16(6-8-17)19-14-27-30-15(19)2/h5-8,11-14H,4,9-10H2,1-3H3,(H,27,30)(H,26,28,29,32). The first-order chi connectivity index (χ1) is 16.6. The van der Waals surface area contributed by atoms with Gasteiger partial charge in [-0.3, -0.25) is 14.5 Å². The van der Waals surface area contributed by atoms with Crippen LogP contribution in [-0.2, 0) is 26.4 Å². The molecule has 170 valence electrons. The van der Waals surface area contributed by atoms with Crippen molar-refractivity contribution in [1.82, 2.24) is 39.7 Å². The van der Waals surface area contributed by atoms with E-state index in [-0.39, 0.29) is 0 Å². The summed E-state index contributed by atoms with van der Waals surface area (Å²) in [4.78, 5) is 9.46. The maximum absolute atomic E-state index is 4.92. The Bertz CT molecular complexity index is 1490. The Hall–Kier alpha value is -4.27. The van der Waals surface area contributed by atoms with E-state index in [1.165, 1.54) is 0 Å². The molecule has 2 N–H and O–H groups in total. The Morgan fingerprint density at radius 3 is 2.59 bits per heavy atom. The third-order valence-electron chi connectivity index (χ3n) is 6.36. The van der Waals surface area contributed by atoms with Gasteiger partial charge in [-0.2, -0.15) is 15.3 Å². The monoisotopic (exact) mass is 451 g/mol. The predicted molar refractivity (Wildman–Crippen MR) is 131 cm³/mol. The molecule has 0 unspecified atom stereocenters. The summed E-state index contributed by atoms with van der Waals surface area (Å²) in [6.45, 7) is 4.90. The molecule has 1 aliphatic rings. The molecule has 5 aromatic rings. The third kappa shape index (κ3) is 3.37. The summed E-state index contributed by atoms with van der Waals surface area (Å²) < 4.78 is 3.84. The molecule has 0 aliphatic heterocycles. The minimum Gasteiger partial charge on any atom is -0.307 e. The summed E-state index contributed by atoms with van der Waals surface area (Å²) in [6.07, 6.45) is 7.47. The van der Waals surface area contributed by atoms with Gasteiger partial charge in [0.25, 0.3) is 0 Å². The van der Waals surface area contributed by atoms with E-state index in [4.69, 9.17) is 10.1 Å². The molecule has 0 fully saturated rings. The second kappa shape index (κ2) is 7.95. The van der Waals surface area contributed by atoms with Crippen LogP contribution in [0.15, 0.2) is 48.9 Å². The van der Waals surface area contributed by atoms with E-state index in [1.807, 2.05) is 48.0 Å². The van der Waals surface area contributed by atoms with Crippen LogP contribution >= 0.6 is 0 Å². The highest BCUT2D eigenvalue weighted by Gasteiger charge is 2.27. The van der Waals surface area contributed by atoms with Crippen molar-refractivity contribution in [3.05, 3.63) is 65.9 Å². The number of aromatic amines is 1. The van der Waals surface area contributed by atoms with Crippen LogP contribution in [0.4, 0.5) is 11.8 Å². The average molecular weight is 452 g/mol. The zero-order valence-corrected chi connectivity index (χ0v) is 19.4. The number of aromatic nitrogens is 8. The van der Waals surface area contributed by atoms with Gasteiger partial charge in [-0.1, -0.05) is 24.3 Å². The molecule has 34 heavy (non-hydrogen) atoms. The van der Waals surface area contributed by atoms with E-state index in [2.05, 4.69) is 56.8 Å². The van der Waals surface area contributed by atoms with Gasteiger partial charge in [0.2, 0.25) is 5.95 Å². The van der Waals surface area contributed by atoms with Crippen LogP contribution in [0, 0.1) is 6.92 Å². The van der Waals surface area contributed by atoms with Crippen LogP contribution in [0.5, 0.6) is 0 Å². The number of nitrogens with zero attached hydrogens (tertiary/aromatic N) is 7. The van der Waals surface area contributed by atoms with Crippen molar-refractivity contribution in [3.63, 3.8) is 0 Å². The van der Waals surface area contributed by atoms with Gasteiger partial charge in [0.1, 0.15) is 0 Å². The van der Waals surface area contributed by atoms with E-state index in [9.17, 15) is 0 Å². The van der Waals surface area contributed by atoms with Crippen LogP contribution < -0.4 is 5.32 Å². The van der Waals surface area contributed by atoms with Gasteiger partial charge in [0.05, 0.1) is 23.3 Å². The third-order valence-corrected chi connectivity index (χ3v) is 6.36. The summed E-state index contributed by atoms with van der Waals surface area (Å²) in [5, 5.41) is 19.7. The molecule has 0 spiro atoms. The predicted octanol–water partition coefficient (Wildman–Crippen LogP) is 4.30. The first kappa shape index (κ1) is 20.3. The lowest BCUT2D eigenvalue weighted by molar-refractivity contribution is 0.662. The number of nitrogens with one attached hydrogen (secondary N) is 2. The smallest absolute Gasteiger partial charge is 0.228 e. The zero-order chi connectivity index (χ0) is 23.2. The number of anilines is 2. The Balaban J connectivity index is 1.40. The summed E-state index contributed by atoms with van der Waals surface area (Å²) >= 11 is 0. The van der Waals surface area contributed by atoms with E-state index in [0.717, 1.165) is 75.8 Å². The topological polar surface area (TPSA) is 102 Å². The number of fused-ring (bicyclic) bond motifs is 3. The number of aryl methyl sites for hydroxylation is 5. The molecule has 0 bridgehead atoms. The molecule has 0 saturated carbocycles. The van der Waals surface area contributed by atoms with Crippen LogP contribution in [0.2, 0.25) is 0 Å². The molecule has 1 aromatic carbocycles. The van der Waals surface area contributed by atoms with Gasteiger partial charge in [-0.15, -0.1) is 0 Å². The summed E-state index contributed by atoms with van der Waals surface area (Å²) in [7, 11) is 2.00. The second-order valence-corrected chi connectivity index (χ2v) is 8.53. The Morgan fingerprint density at radius 2 is 1.85 bits per heavy atom. The number of rotatable bonds is 5. The molecule has 9 nitrogen and oxygen atoms in total. The fourth-order valence-corrected chi connectivity index (χ4v) is 4.62. The lowest BCUT2D eigenvalue weighted by Gasteiger charge is -2.17. The van der Waals surface area contributed by atoms with E-state index in [1.54, 1.807) is 0 Å². The lowest BCUT2D eigenvalue weighted by Crippen LogP contribution is -2.08. The van der Waals surface area contributed by atoms with Gasteiger partial charge in [0.15, 0.2) is 5.82 Å². The van der Waals surface area contributed by atoms with E-state index in [0.29, 0.717) is 5.95 Å². The van der Waals surface area contributed by atoms with Gasteiger partial charge >= 0.3 is 0 Å². The SMILES string of the molecule is CCn1ccc(Nc2ncc3c(n2)-c2c(nn(C)c2-c2ccc(-c4cn[nH]c4C)cc2)CC3)n1. The number of hydrogen-bond acceptors (Lipinski definition) is 6. The van der Waals surface area contributed by atoms with Gasteiger partial charge in [-0.05, 0) is 37.8 Å². The molecule has 4 aromatic heterocycles. The minimum absolute atomic E-state index is 0.536. The second-order valence-electron chi connectivity index (χ2n) is 8.53. The highest BCUT2D eigenvalue weighted by molar-refractivity contribution is 5.85. The first-order valence-electron chi connectivity index (χ1n) is 11.4. The van der Waals surface area contributed by atoms with Gasteiger partial charge in [0, 0.05) is 54.4 Å². The van der Waals surface area contributed by atoms with Crippen LogP contribution in [-0.4, -0.2) is 39.7 Å². The van der Waals surface area contributed by atoms with Crippen molar-refractivity contribution in [2.24, 2.45) is 7.05 Å². The molecule has 1 aliphatic carbocycles. The van der Waals surface area contributed by atoms with Crippen molar-refractivity contribution in [2.75, 3.05) is 5.32 Å². The fraction of sp³-hybridized carbons (Fsp3) is 0.240. The van der Waals surface area contributed by atoms with E-state index >= 15 is 0 Å². The maximum atomic E-state index is 4.92. The molecule has 4 heterocycles. The Labute approximate surface area is 196 Å². The quantitative estimate of drug-likeness (QED) is 0.413. The molecule has 0 radical (unpaired) electrons. The molecule has 0 atom stereocenters. The molecule has 6 rings (SSSR count). The minimum atomic E-state index is 0.536. The van der Waals surface area contributed by atoms with E-state index < -0.39 is 0 Å². The number of hydrogen-bond donors (Lipinski definition) is 2. The van der Waals surface area contributed by atoms with Crippen LogP contribution in [0.25, 0.3) is 33.6 Å². The molecule has 0 saturated heterocycles.